The van der Waals surface area contributed by atoms with E-state index < -0.39 is 10.8 Å². The molecular formula is C11H14N2O2S2. The monoisotopic (exact) mass is 270 g/mol. The van der Waals surface area contributed by atoms with Crippen molar-refractivity contribution in [1.29, 1.82) is 0 Å². The smallest absolute Gasteiger partial charge is 0.133 e. The lowest BCUT2D eigenvalue weighted by Crippen LogP contribution is -2.00. The van der Waals surface area contributed by atoms with Gasteiger partial charge in [-0.3, -0.25) is 4.21 Å². The van der Waals surface area contributed by atoms with Gasteiger partial charge >= 0.3 is 0 Å². The Morgan fingerprint density at radius 3 is 2.76 bits per heavy atom. The van der Waals surface area contributed by atoms with Gasteiger partial charge in [-0.15, -0.1) is 11.3 Å². The predicted molar refractivity (Wildman–Crippen MR) is 68.3 cm³/mol. The van der Waals surface area contributed by atoms with Crippen LogP contribution >= 0.6 is 11.3 Å². The van der Waals surface area contributed by atoms with Crippen LogP contribution in [0.25, 0.3) is 0 Å². The Kier molecular flexibility index (Phi) is 4.06. The zero-order chi connectivity index (χ0) is 12.3. The van der Waals surface area contributed by atoms with Crippen LogP contribution in [0.4, 0.5) is 0 Å². The van der Waals surface area contributed by atoms with Gasteiger partial charge in [0.1, 0.15) is 5.76 Å². The molecule has 2 aromatic rings. The number of aromatic nitrogens is 2. The summed E-state index contributed by atoms with van der Waals surface area (Å²) < 4.78 is 16.8. The third-order valence-corrected chi connectivity index (χ3v) is 4.47. The topological polar surface area (TPSA) is 56.0 Å². The van der Waals surface area contributed by atoms with Crippen molar-refractivity contribution < 1.29 is 8.73 Å². The highest BCUT2D eigenvalue weighted by Crippen LogP contribution is 2.13. The Labute approximate surface area is 107 Å². The van der Waals surface area contributed by atoms with Crippen molar-refractivity contribution in [2.75, 3.05) is 0 Å². The van der Waals surface area contributed by atoms with Gasteiger partial charge in [-0.05, 0) is 13.3 Å². The van der Waals surface area contributed by atoms with Crippen LogP contribution < -0.4 is 0 Å². The lowest BCUT2D eigenvalue weighted by molar-refractivity contribution is 0.392. The van der Waals surface area contributed by atoms with Crippen LogP contribution in [0.3, 0.4) is 0 Å². The van der Waals surface area contributed by atoms with Crippen LogP contribution in [0.2, 0.25) is 0 Å². The number of hydrogen-bond donors (Lipinski definition) is 0. The van der Waals surface area contributed by atoms with Crippen LogP contribution in [0, 0.1) is 6.92 Å². The Balaban J connectivity index is 1.93. The Morgan fingerprint density at radius 2 is 2.18 bits per heavy atom. The minimum Gasteiger partial charge on any atom is -0.361 e. The van der Waals surface area contributed by atoms with Gasteiger partial charge in [-0.2, -0.15) is 0 Å². The molecule has 0 aliphatic rings. The summed E-state index contributed by atoms with van der Waals surface area (Å²) in [6.07, 6.45) is 0.930. The summed E-state index contributed by atoms with van der Waals surface area (Å²) >= 11 is 1.62. The first kappa shape index (κ1) is 12.4. The molecule has 1 atom stereocenters. The molecule has 0 fully saturated rings. The molecule has 0 radical (unpaired) electrons. The van der Waals surface area contributed by atoms with Gasteiger partial charge in [0.15, 0.2) is 0 Å². The summed E-state index contributed by atoms with van der Waals surface area (Å²) in [6.45, 7) is 3.89. The van der Waals surface area contributed by atoms with Crippen LogP contribution in [0.1, 0.15) is 29.1 Å². The summed E-state index contributed by atoms with van der Waals surface area (Å²) in [4.78, 5) is 4.40. The molecule has 0 amide bonds. The van der Waals surface area contributed by atoms with Gasteiger partial charge in [0, 0.05) is 22.2 Å². The molecule has 2 aromatic heterocycles. The summed E-state index contributed by atoms with van der Waals surface area (Å²) in [5.41, 5.74) is 1.65. The van der Waals surface area contributed by atoms with Crippen molar-refractivity contribution in [1.82, 2.24) is 10.1 Å². The second kappa shape index (κ2) is 5.55. The van der Waals surface area contributed by atoms with Gasteiger partial charge in [0.25, 0.3) is 0 Å². The highest BCUT2D eigenvalue weighted by atomic mass is 32.2. The number of nitrogens with zero attached hydrogens (tertiary/aromatic N) is 2. The molecule has 92 valence electrons. The first-order chi connectivity index (χ1) is 8.17. The maximum absolute atomic E-state index is 11.9. The number of thiazole rings is 1. The number of rotatable bonds is 5. The maximum atomic E-state index is 11.9. The minimum absolute atomic E-state index is 0.427. The largest absolute Gasteiger partial charge is 0.361 e. The summed E-state index contributed by atoms with van der Waals surface area (Å²) in [6, 6.07) is 1.82. The van der Waals surface area contributed by atoms with Crippen molar-refractivity contribution in [3.8, 4) is 0 Å². The molecule has 0 spiro atoms. The van der Waals surface area contributed by atoms with Crippen LogP contribution in [0.15, 0.2) is 16.0 Å². The fourth-order valence-corrected chi connectivity index (χ4v) is 3.34. The molecule has 0 saturated heterocycles. The van der Waals surface area contributed by atoms with Crippen LogP contribution in [-0.4, -0.2) is 14.3 Å². The van der Waals surface area contributed by atoms with E-state index in [4.69, 9.17) is 4.52 Å². The van der Waals surface area contributed by atoms with E-state index in [-0.39, 0.29) is 0 Å². The molecule has 0 aromatic carbocycles. The van der Waals surface area contributed by atoms with Crippen molar-refractivity contribution in [3.63, 3.8) is 0 Å². The molecule has 0 aliphatic carbocycles. The van der Waals surface area contributed by atoms with E-state index in [1.54, 1.807) is 11.3 Å². The Bertz CT molecular complexity index is 519. The van der Waals surface area contributed by atoms with Gasteiger partial charge in [0.05, 0.1) is 27.9 Å². The molecular weight excluding hydrogens is 256 g/mol. The second-order valence-corrected chi connectivity index (χ2v) is 6.14. The average molecular weight is 270 g/mol. The van der Waals surface area contributed by atoms with Gasteiger partial charge in [0.2, 0.25) is 0 Å². The van der Waals surface area contributed by atoms with Crippen molar-refractivity contribution in [2.45, 2.75) is 31.8 Å². The molecule has 0 N–H and O–H groups in total. The lowest BCUT2D eigenvalue weighted by atomic mass is 10.4. The fraction of sp³-hybridized carbons (Fsp3) is 0.455. The summed E-state index contributed by atoms with van der Waals surface area (Å²) in [5, 5.41) is 6.90. The molecule has 2 rings (SSSR count). The minimum atomic E-state index is -0.976. The fourth-order valence-electron chi connectivity index (χ4n) is 1.44. The van der Waals surface area contributed by atoms with Gasteiger partial charge < -0.3 is 4.52 Å². The zero-order valence-electron chi connectivity index (χ0n) is 9.80. The molecule has 17 heavy (non-hydrogen) atoms. The molecule has 0 bridgehead atoms. The SMILES string of the molecule is CCc1nc(CS(=O)Cc2cc(C)on2)cs1. The van der Waals surface area contributed by atoms with Crippen molar-refractivity contribution in [3.05, 3.63) is 33.6 Å². The third kappa shape index (κ3) is 3.47. The third-order valence-electron chi connectivity index (χ3n) is 2.20. The second-order valence-electron chi connectivity index (χ2n) is 3.74. The summed E-state index contributed by atoms with van der Waals surface area (Å²) in [5.74, 6) is 1.66. The van der Waals surface area contributed by atoms with E-state index in [0.717, 1.165) is 28.6 Å². The van der Waals surface area contributed by atoms with Crippen molar-refractivity contribution >= 4 is 22.1 Å². The number of hydrogen-bond acceptors (Lipinski definition) is 5. The standard InChI is InChI=1S/C11H14N2O2S2/c1-3-11-12-10(5-16-11)7-17(14)6-9-4-8(2)15-13-9/h4-5H,3,6-7H2,1-2H3. The molecule has 2 heterocycles. The highest BCUT2D eigenvalue weighted by molar-refractivity contribution is 7.83. The van der Waals surface area contributed by atoms with Crippen LogP contribution in [0.5, 0.6) is 0 Å². The lowest BCUT2D eigenvalue weighted by Gasteiger charge is -1.96. The Morgan fingerprint density at radius 1 is 1.41 bits per heavy atom. The quantitative estimate of drug-likeness (QED) is 0.837. The van der Waals surface area contributed by atoms with E-state index in [1.165, 1.54) is 0 Å². The van der Waals surface area contributed by atoms with Crippen LogP contribution in [-0.2, 0) is 28.7 Å². The zero-order valence-corrected chi connectivity index (χ0v) is 11.4. The molecule has 6 heteroatoms. The first-order valence-electron chi connectivity index (χ1n) is 5.38. The normalized spacial score (nSPS) is 12.8. The molecule has 0 aliphatic heterocycles. The number of aryl methyl sites for hydroxylation is 2. The van der Waals surface area contributed by atoms with E-state index in [2.05, 4.69) is 17.1 Å². The van der Waals surface area contributed by atoms with E-state index in [1.807, 2.05) is 18.4 Å². The van der Waals surface area contributed by atoms with Gasteiger partial charge in [-0.1, -0.05) is 12.1 Å². The van der Waals surface area contributed by atoms with E-state index in [9.17, 15) is 4.21 Å². The highest BCUT2D eigenvalue weighted by Gasteiger charge is 2.09. The summed E-state index contributed by atoms with van der Waals surface area (Å²) in [7, 11) is -0.976. The van der Waals surface area contributed by atoms with E-state index in [0.29, 0.717) is 11.5 Å². The van der Waals surface area contributed by atoms with E-state index >= 15 is 0 Å². The molecule has 1 unspecified atom stereocenters. The predicted octanol–water partition coefficient (Wildman–Crippen LogP) is 2.45. The van der Waals surface area contributed by atoms with Crippen molar-refractivity contribution in [2.24, 2.45) is 0 Å². The first-order valence-corrected chi connectivity index (χ1v) is 7.74. The maximum Gasteiger partial charge on any atom is 0.133 e. The Hall–Kier alpha value is -1.01. The average Bonchev–Trinajstić information content (AvgIpc) is 2.88. The van der Waals surface area contributed by atoms with Gasteiger partial charge in [-0.25, -0.2) is 4.98 Å². The molecule has 0 saturated carbocycles. The molecule has 4 nitrogen and oxygen atoms in total.